The number of halogens is 1. The minimum absolute atomic E-state index is 0.699. The second kappa shape index (κ2) is 9.23. The van der Waals surface area contributed by atoms with E-state index in [1.54, 1.807) is 0 Å². The molecule has 1 N–H and O–H groups in total. The Bertz CT molecular complexity index is 341. The Hall–Kier alpha value is -0.730. The molecular weight excluding hydrogens is 246 g/mol. The molecule has 0 aliphatic rings. The summed E-state index contributed by atoms with van der Waals surface area (Å²) in [7, 11) is 0. The zero-order valence-electron chi connectivity index (χ0n) is 11.5. The third-order valence-electron chi connectivity index (χ3n) is 2.77. The minimum atomic E-state index is 0.699. The van der Waals surface area contributed by atoms with Gasteiger partial charge in [-0.1, -0.05) is 24.6 Å². The van der Waals surface area contributed by atoms with Crippen LogP contribution in [0.3, 0.4) is 0 Å². The van der Waals surface area contributed by atoms with Crippen molar-refractivity contribution in [2.24, 2.45) is 0 Å². The Morgan fingerprint density at radius 1 is 1.17 bits per heavy atom. The van der Waals surface area contributed by atoms with E-state index in [2.05, 4.69) is 12.2 Å². The van der Waals surface area contributed by atoms with Crippen LogP contribution >= 0.6 is 11.6 Å². The summed E-state index contributed by atoms with van der Waals surface area (Å²) < 4.78 is 5.69. The average Bonchev–Trinajstić information content (AvgIpc) is 2.36. The number of rotatable bonds is 9. The SMILES string of the molecule is CCCNCCCCCOc1cc(C)ccc1Cl. The van der Waals surface area contributed by atoms with Crippen molar-refractivity contribution >= 4 is 11.6 Å². The molecule has 1 aromatic rings. The molecule has 3 heteroatoms. The summed E-state index contributed by atoms with van der Waals surface area (Å²) in [5, 5.41) is 4.10. The summed E-state index contributed by atoms with van der Waals surface area (Å²) in [6.07, 6.45) is 4.69. The van der Waals surface area contributed by atoms with Crippen LogP contribution < -0.4 is 10.1 Å². The molecule has 0 saturated carbocycles. The second-order valence-electron chi connectivity index (χ2n) is 4.59. The first-order chi connectivity index (χ1) is 8.74. The van der Waals surface area contributed by atoms with E-state index < -0.39 is 0 Å². The van der Waals surface area contributed by atoms with Gasteiger partial charge < -0.3 is 10.1 Å². The smallest absolute Gasteiger partial charge is 0.138 e. The molecule has 0 aromatic heterocycles. The van der Waals surface area contributed by atoms with Crippen LogP contribution in [0.1, 0.15) is 38.2 Å². The highest BCUT2D eigenvalue weighted by Crippen LogP contribution is 2.25. The summed E-state index contributed by atoms with van der Waals surface area (Å²) in [6.45, 7) is 7.21. The number of hydrogen-bond acceptors (Lipinski definition) is 2. The molecule has 102 valence electrons. The maximum atomic E-state index is 6.06. The Morgan fingerprint density at radius 2 is 2.00 bits per heavy atom. The first kappa shape index (κ1) is 15.3. The van der Waals surface area contributed by atoms with E-state index in [1.807, 2.05) is 25.1 Å². The van der Waals surface area contributed by atoms with E-state index in [0.29, 0.717) is 5.02 Å². The fourth-order valence-electron chi connectivity index (χ4n) is 1.73. The molecule has 0 unspecified atom stereocenters. The summed E-state index contributed by atoms with van der Waals surface area (Å²) in [5.74, 6) is 0.806. The van der Waals surface area contributed by atoms with Crippen molar-refractivity contribution in [2.75, 3.05) is 19.7 Å². The third-order valence-corrected chi connectivity index (χ3v) is 3.08. The van der Waals surface area contributed by atoms with Crippen LogP contribution in [-0.4, -0.2) is 19.7 Å². The Balaban J connectivity index is 2.09. The fourth-order valence-corrected chi connectivity index (χ4v) is 1.91. The Kier molecular flexibility index (Phi) is 7.86. The van der Waals surface area contributed by atoms with Gasteiger partial charge in [0.05, 0.1) is 11.6 Å². The van der Waals surface area contributed by atoms with Crippen molar-refractivity contribution in [1.82, 2.24) is 5.32 Å². The van der Waals surface area contributed by atoms with Crippen molar-refractivity contribution < 1.29 is 4.74 Å². The fraction of sp³-hybridized carbons (Fsp3) is 0.600. The van der Waals surface area contributed by atoms with Crippen molar-refractivity contribution in [3.63, 3.8) is 0 Å². The molecule has 1 rings (SSSR count). The van der Waals surface area contributed by atoms with E-state index in [-0.39, 0.29) is 0 Å². The zero-order chi connectivity index (χ0) is 13.2. The number of hydrogen-bond donors (Lipinski definition) is 1. The van der Waals surface area contributed by atoms with Crippen molar-refractivity contribution in [2.45, 2.75) is 39.5 Å². The zero-order valence-corrected chi connectivity index (χ0v) is 12.2. The standard InChI is InChI=1S/C15H24ClNO/c1-3-9-17-10-5-4-6-11-18-15-12-13(2)7-8-14(15)16/h7-8,12,17H,3-6,9-11H2,1-2H3. The van der Waals surface area contributed by atoms with Gasteiger partial charge in [-0.15, -0.1) is 0 Å². The number of aryl methyl sites for hydroxylation is 1. The van der Waals surface area contributed by atoms with Crippen LogP contribution in [0.5, 0.6) is 5.75 Å². The first-order valence-corrected chi connectivity index (χ1v) is 7.21. The third kappa shape index (κ3) is 6.27. The molecule has 18 heavy (non-hydrogen) atoms. The lowest BCUT2D eigenvalue weighted by molar-refractivity contribution is 0.305. The summed E-state index contributed by atoms with van der Waals surface area (Å²) in [5.41, 5.74) is 1.18. The molecule has 0 aliphatic heterocycles. The van der Waals surface area contributed by atoms with E-state index in [9.17, 15) is 0 Å². The summed E-state index contributed by atoms with van der Waals surface area (Å²) in [6, 6.07) is 5.88. The van der Waals surface area contributed by atoms with Crippen LogP contribution in [0.4, 0.5) is 0 Å². The minimum Gasteiger partial charge on any atom is -0.492 e. The molecule has 1 aromatic carbocycles. The predicted octanol–water partition coefficient (Wildman–Crippen LogP) is 4.20. The van der Waals surface area contributed by atoms with Crippen LogP contribution in [0.2, 0.25) is 5.02 Å². The Morgan fingerprint density at radius 3 is 2.78 bits per heavy atom. The molecule has 0 saturated heterocycles. The number of ether oxygens (including phenoxy) is 1. The largest absolute Gasteiger partial charge is 0.492 e. The van der Waals surface area contributed by atoms with Crippen molar-refractivity contribution in [3.8, 4) is 5.75 Å². The lowest BCUT2D eigenvalue weighted by Crippen LogP contribution is -2.15. The van der Waals surface area contributed by atoms with Gasteiger partial charge in [0.2, 0.25) is 0 Å². The molecular formula is C15H24ClNO. The highest BCUT2D eigenvalue weighted by molar-refractivity contribution is 6.32. The maximum Gasteiger partial charge on any atom is 0.138 e. The van der Waals surface area contributed by atoms with Gasteiger partial charge in [-0.2, -0.15) is 0 Å². The Labute approximate surface area is 116 Å². The van der Waals surface area contributed by atoms with E-state index >= 15 is 0 Å². The topological polar surface area (TPSA) is 21.3 Å². The van der Waals surface area contributed by atoms with Gasteiger partial charge in [-0.3, -0.25) is 0 Å². The van der Waals surface area contributed by atoms with Gasteiger partial charge in [0.15, 0.2) is 0 Å². The number of benzene rings is 1. The van der Waals surface area contributed by atoms with Crippen LogP contribution in [-0.2, 0) is 0 Å². The number of nitrogens with one attached hydrogen (secondary N) is 1. The maximum absolute atomic E-state index is 6.06. The monoisotopic (exact) mass is 269 g/mol. The average molecular weight is 270 g/mol. The van der Waals surface area contributed by atoms with Gasteiger partial charge in [0.25, 0.3) is 0 Å². The highest BCUT2D eigenvalue weighted by atomic mass is 35.5. The summed E-state index contributed by atoms with van der Waals surface area (Å²) >= 11 is 6.06. The quantitative estimate of drug-likeness (QED) is 0.679. The van der Waals surface area contributed by atoms with Crippen LogP contribution in [0, 0.1) is 6.92 Å². The van der Waals surface area contributed by atoms with Gasteiger partial charge in [-0.25, -0.2) is 0 Å². The molecule has 0 heterocycles. The number of unbranched alkanes of at least 4 members (excludes halogenated alkanes) is 2. The molecule has 2 nitrogen and oxygen atoms in total. The summed E-state index contributed by atoms with van der Waals surface area (Å²) in [4.78, 5) is 0. The first-order valence-electron chi connectivity index (χ1n) is 6.83. The van der Waals surface area contributed by atoms with E-state index in [0.717, 1.165) is 31.9 Å². The molecule has 0 aliphatic carbocycles. The van der Waals surface area contributed by atoms with Crippen LogP contribution in [0.25, 0.3) is 0 Å². The van der Waals surface area contributed by atoms with Crippen molar-refractivity contribution in [1.29, 1.82) is 0 Å². The van der Waals surface area contributed by atoms with Crippen LogP contribution in [0.15, 0.2) is 18.2 Å². The lowest BCUT2D eigenvalue weighted by atomic mass is 10.2. The van der Waals surface area contributed by atoms with Crippen molar-refractivity contribution in [3.05, 3.63) is 28.8 Å². The molecule has 0 atom stereocenters. The van der Waals surface area contributed by atoms with E-state index in [4.69, 9.17) is 16.3 Å². The highest BCUT2D eigenvalue weighted by Gasteiger charge is 2.01. The molecule has 0 amide bonds. The molecule has 0 radical (unpaired) electrons. The van der Waals surface area contributed by atoms with Gasteiger partial charge >= 0.3 is 0 Å². The molecule has 0 fully saturated rings. The van der Waals surface area contributed by atoms with Gasteiger partial charge in [-0.05, 0) is 63.4 Å². The molecule has 0 spiro atoms. The lowest BCUT2D eigenvalue weighted by Gasteiger charge is -2.09. The second-order valence-corrected chi connectivity index (χ2v) is 5.00. The van der Waals surface area contributed by atoms with Gasteiger partial charge in [0.1, 0.15) is 5.75 Å². The predicted molar refractivity (Wildman–Crippen MR) is 78.7 cm³/mol. The normalized spacial score (nSPS) is 10.6. The molecule has 0 bridgehead atoms. The van der Waals surface area contributed by atoms with Gasteiger partial charge in [0, 0.05) is 0 Å². The van der Waals surface area contributed by atoms with E-state index in [1.165, 1.54) is 24.8 Å².